The third kappa shape index (κ3) is 69.3. The average molecular weight is 1210 g/mol. The van der Waals surface area contributed by atoms with Crippen molar-refractivity contribution in [2.24, 2.45) is 0 Å². The second-order valence-corrected chi connectivity index (χ2v) is 27.7. The molecule has 0 spiro atoms. The lowest BCUT2D eigenvalue weighted by molar-refractivity contribution is -0.262. The van der Waals surface area contributed by atoms with E-state index < -0.39 is 20.8 Å². The molecule has 0 saturated carbocycles. The molecule has 2 unspecified atom stereocenters. The van der Waals surface area contributed by atoms with Crippen LogP contribution in [0.25, 0.3) is 0 Å². The Morgan fingerprint density at radius 2 is 0.333 bits per heavy atom. The molecule has 8 heteroatoms. The first kappa shape index (κ1) is 83.9. The van der Waals surface area contributed by atoms with Crippen molar-refractivity contribution in [3.05, 3.63) is 0 Å². The lowest BCUT2D eigenvalue weighted by Gasteiger charge is -2.24. The Labute approximate surface area is 530 Å². The first-order chi connectivity index (χ1) is 41.5. The summed E-state index contributed by atoms with van der Waals surface area (Å²) in [6, 6.07) is 0. The van der Waals surface area contributed by atoms with Crippen LogP contribution in [-0.4, -0.2) is 48.9 Å². The van der Waals surface area contributed by atoms with E-state index in [2.05, 4.69) is 37.8 Å². The fraction of sp³-hybridized carbons (Fsp3) is 1.00. The molecule has 0 aliphatic carbocycles. The minimum atomic E-state index is -2.41. The second-order valence-electron chi connectivity index (χ2n) is 26.9. The van der Waals surface area contributed by atoms with Crippen LogP contribution in [0.2, 0.25) is 0 Å². The summed E-state index contributed by atoms with van der Waals surface area (Å²) < 4.78 is 25.2. The summed E-state index contributed by atoms with van der Waals surface area (Å²) in [5.41, 5.74) is 0. The smallest absolute Gasteiger partial charge is 0.262 e. The van der Waals surface area contributed by atoms with Crippen LogP contribution in [0.15, 0.2) is 0 Å². The van der Waals surface area contributed by atoms with Crippen LogP contribution in [0.1, 0.15) is 452 Å². The Balaban J connectivity index is 4.94. The van der Waals surface area contributed by atoms with Gasteiger partial charge in [-0.2, -0.15) is 10.1 Å². The monoisotopic (exact) mass is 1210 g/mol. The maximum Gasteiger partial charge on any atom is 0.702 e. The molecule has 0 aromatic heterocycles. The molecule has 0 fully saturated rings. The molecule has 0 amide bonds. The molecule has 0 bridgehead atoms. The molecule has 504 valence electrons. The minimum Gasteiger partial charge on any atom is -0.262 e. The minimum absolute atomic E-state index is 0.658. The van der Waals surface area contributed by atoms with E-state index in [1.165, 1.54) is 385 Å². The van der Waals surface area contributed by atoms with Gasteiger partial charge in [-0.25, -0.2) is 0 Å². The summed E-state index contributed by atoms with van der Waals surface area (Å²) in [5, 5.41) is 4.22. The Bertz CT molecular complexity index is 1050. The molecule has 0 aliphatic heterocycles. The molecule has 0 aromatic rings. The van der Waals surface area contributed by atoms with Crippen LogP contribution in [0.3, 0.4) is 0 Å². The van der Waals surface area contributed by atoms with Crippen molar-refractivity contribution in [3.8, 4) is 0 Å². The number of hydroxylamine groups is 4. The van der Waals surface area contributed by atoms with E-state index >= 15 is 0 Å². The van der Waals surface area contributed by atoms with Crippen molar-refractivity contribution in [2.45, 2.75) is 465 Å². The van der Waals surface area contributed by atoms with Crippen LogP contribution in [0.4, 0.5) is 0 Å². The quantitative estimate of drug-likeness (QED) is 0.0260. The number of unbranched alkanes of at least 4 members (excludes halogenated alkanes) is 60. The van der Waals surface area contributed by atoms with Gasteiger partial charge < -0.3 is 0 Å². The van der Waals surface area contributed by atoms with Gasteiger partial charge in [-0.05, 0) is 39.5 Å². The van der Waals surface area contributed by atoms with E-state index in [9.17, 15) is 4.57 Å². The highest BCUT2D eigenvalue weighted by Gasteiger charge is 2.31. The van der Waals surface area contributed by atoms with Gasteiger partial charge in [-0.3, -0.25) is 9.68 Å². The topological polar surface area (TPSA) is 60.5 Å². The highest BCUT2D eigenvalue weighted by atomic mass is 31.1. The molecule has 0 saturated heterocycles. The Morgan fingerprint density at radius 3 is 0.464 bits per heavy atom. The predicted molar refractivity (Wildman–Crippen MR) is 372 cm³/mol. The number of hydrogen-bond acceptors (Lipinski definition) is 7. The summed E-state index contributed by atoms with van der Waals surface area (Å²) in [6.45, 7) is 16.5. The van der Waals surface area contributed by atoms with E-state index in [0.717, 1.165) is 51.9 Å². The maximum atomic E-state index is 13.4. The van der Waals surface area contributed by atoms with E-state index in [1.54, 1.807) is 0 Å². The molecular formula is C76H156N2O5P+. The molecule has 2 atom stereocenters. The fourth-order valence-corrected chi connectivity index (χ4v) is 13.1. The third-order valence-electron chi connectivity index (χ3n) is 18.1. The van der Waals surface area contributed by atoms with E-state index in [0.29, 0.717) is 0 Å². The first-order valence-corrected chi connectivity index (χ1v) is 40.2. The van der Waals surface area contributed by atoms with Crippen molar-refractivity contribution >= 4 is 8.25 Å². The van der Waals surface area contributed by atoms with Gasteiger partial charge in [-0.1, -0.05) is 422 Å². The summed E-state index contributed by atoms with van der Waals surface area (Å²) in [6.07, 6.45) is 86.4. The number of nitrogens with zero attached hydrogens (tertiary/aromatic N) is 2. The summed E-state index contributed by atoms with van der Waals surface area (Å²) in [7, 11) is -2.41. The van der Waals surface area contributed by atoms with E-state index in [1.807, 2.05) is 13.8 Å². The zero-order valence-corrected chi connectivity index (χ0v) is 59.5. The SMILES string of the molecule is CCCCCCCCCCCCCCCCCCN(CCCCCCCCCCCCCCCCCC)OC(C)O[P+](=O)OC(C)ON(CCCCCCCCCCCCCCCCCC)CCCCCCCCCCCCCCCCCC. The van der Waals surface area contributed by atoms with Gasteiger partial charge in [0.25, 0.3) is 0 Å². The zero-order chi connectivity index (χ0) is 60.8. The third-order valence-corrected chi connectivity index (χ3v) is 19.0. The number of rotatable bonds is 76. The van der Waals surface area contributed by atoms with Crippen molar-refractivity contribution < 1.29 is 23.3 Å². The van der Waals surface area contributed by atoms with Crippen LogP contribution in [0, 0.1) is 0 Å². The van der Waals surface area contributed by atoms with Crippen LogP contribution >= 0.6 is 8.25 Å². The maximum absolute atomic E-state index is 13.4. The van der Waals surface area contributed by atoms with Gasteiger partial charge in [0.2, 0.25) is 12.6 Å². The summed E-state index contributed by atoms with van der Waals surface area (Å²) in [4.78, 5) is 12.8. The summed E-state index contributed by atoms with van der Waals surface area (Å²) >= 11 is 0. The molecule has 0 heterocycles. The Morgan fingerprint density at radius 1 is 0.214 bits per heavy atom. The Kier molecular flexibility index (Phi) is 73.5. The van der Waals surface area contributed by atoms with E-state index in [-0.39, 0.29) is 0 Å². The molecule has 0 aromatic carbocycles. The normalized spacial score (nSPS) is 12.9. The molecule has 0 aliphatic rings. The lowest BCUT2D eigenvalue weighted by Crippen LogP contribution is -2.32. The largest absolute Gasteiger partial charge is 0.702 e. The van der Waals surface area contributed by atoms with Crippen molar-refractivity contribution in [3.63, 3.8) is 0 Å². The average Bonchev–Trinajstić information content (AvgIpc) is 3.48. The van der Waals surface area contributed by atoms with Gasteiger partial charge in [0.15, 0.2) is 0 Å². The van der Waals surface area contributed by atoms with Gasteiger partial charge in [0.1, 0.15) is 0 Å². The number of hydrogen-bond donors (Lipinski definition) is 0. The molecule has 0 N–H and O–H groups in total. The molecule has 0 rings (SSSR count). The van der Waals surface area contributed by atoms with Crippen LogP contribution in [0.5, 0.6) is 0 Å². The predicted octanol–water partition coefficient (Wildman–Crippen LogP) is 27.9. The van der Waals surface area contributed by atoms with Crippen molar-refractivity contribution in [1.82, 2.24) is 10.1 Å². The van der Waals surface area contributed by atoms with Crippen molar-refractivity contribution in [1.29, 1.82) is 0 Å². The van der Waals surface area contributed by atoms with Gasteiger partial charge in [0, 0.05) is 30.7 Å². The fourth-order valence-electron chi connectivity index (χ4n) is 12.5. The molecule has 84 heavy (non-hydrogen) atoms. The highest BCUT2D eigenvalue weighted by molar-refractivity contribution is 7.33. The van der Waals surface area contributed by atoms with E-state index in [4.69, 9.17) is 18.7 Å². The second kappa shape index (κ2) is 73.6. The van der Waals surface area contributed by atoms with Gasteiger partial charge in [-0.15, -0.1) is 0 Å². The Hall–Kier alpha value is -0.140. The standard InChI is InChI=1S/C76H156N2O5P/c1-7-11-15-19-23-27-31-35-39-43-47-51-55-59-63-67-71-77(72-68-64-60-56-52-48-44-40-36-32-28-24-20-16-12-8-2)80-75(5)82-84(79)83-76(6)81-78(73-69-65-61-57-53-49-45-41-37-33-29-25-21-17-13-9-3)74-70-66-62-58-54-50-46-42-38-34-30-26-22-18-14-10-4/h75-76H,7-74H2,1-6H3/q+1. The molecular weight excluding hydrogens is 1050 g/mol. The molecule has 7 nitrogen and oxygen atoms in total. The van der Waals surface area contributed by atoms with Gasteiger partial charge in [0.05, 0.1) is 0 Å². The van der Waals surface area contributed by atoms with Crippen LogP contribution < -0.4 is 0 Å². The summed E-state index contributed by atoms with van der Waals surface area (Å²) in [5.74, 6) is 0. The van der Waals surface area contributed by atoms with Gasteiger partial charge >= 0.3 is 8.25 Å². The first-order valence-electron chi connectivity index (χ1n) is 39.1. The van der Waals surface area contributed by atoms with Crippen LogP contribution in [-0.2, 0) is 23.3 Å². The zero-order valence-electron chi connectivity index (χ0n) is 58.6. The molecule has 0 radical (unpaired) electrons. The van der Waals surface area contributed by atoms with Crippen molar-refractivity contribution in [2.75, 3.05) is 26.2 Å². The highest BCUT2D eigenvalue weighted by Crippen LogP contribution is 2.30. The lowest BCUT2D eigenvalue weighted by atomic mass is 10.0.